The minimum atomic E-state index is -0.359. The molecule has 0 atom stereocenters. The SMILES string of the molecule is O=C(N/N=C/C=C/c1ccco1)c1cc(-c2ccccc2)n[nH]1. The van der Waals surface area contributed by atoms with Gasteiger partial charge in [-0.3, -0.25) is 9.89 Å². The van der Waals surface area contributed by atoms with Crippen molar-refractivity contribution in [3.8, 4) is 11.3 Å². The molecule has 0 unspecified atom stereocenters. The minimum absolute atomic E-state index is 0.344. The highest BCUT2D eigenvalue weighted by molar-refractivity contribution is 5.93. The van der Waals surface area contributed by atoms with Crippen molar-refractivity contribution < 1.29 is 9.21 Å². The zero-order valence-corrected chi connectivity index (χ0v) is 12.1. The van der Waals surface area contributed by atoms with E-state index in [9.17, 15) is 4.79 Å². The third-order valence-electron chi connectivity index (χ3n) is 3.02. The van der Waals surface area contributed by atoms with Gasteiger partial charge in [-0.05, 0) is 30.4 Å². The summed E-state index contributed by atoms with van der Waals surface area (Å²) in [5.41, 5.74) is 4.41. The fraction of sp³-hybridized carbons (Fsp3) is 0. The second-order valence-corrected chi connectivity index (χ2v) is 4.63. The predicted octanol–water partition coefficient (Wildman–Crippen LogP) is 3.10. The van der Waals surface area contributed by atoms with Crippen LogP contribution in [0, 0.1) is 0 Å². The molecule has 0 saturated heterocycles. The van der Waals surface area contributed by atoms with Crippen LogP contribution in [-0.2, 0) is 0 Å². The number of aromatic nitrogens is 2. The second-order valence-electron chi connectivity index (χ2n) is 4.63. The average Bonchev–Trinajstić information content (AvgIpc) is 3.27. The molecule has 0 saturated carbocycles. The highest BCUT2D eigenvalue weighted by Gasteiger charge is 2.09. The van der Waals surface area contributed by atoms with Crippen LogP contribution < -0.4 is 5.43 Å². The third kappa shape index (κ3) is 3.82. The fourth-order valence-corrected chi connectivity index (χ4v) is 1.92. The first-order chi connectivity index (χ1) is 11.3. The standard InChI is InChI=1S/C17H14N4O2/c22-17(21-18-10-4-8-14-9-5-11-23-14)16-12-15(19-20-16)13-6-2-1-3-7-13/h1-12H,(H,19,20)(H,21,22)/b8-4+,18-10+. The molecule has 3 rings (SSSR count). The summed E-state index contributed by atoms with van der Waals surface area (Å²) in [6.45, 7) is 0. The molecular weight excluding hydrogens is 292 g/mol. The number of benzene rings is 1. The van der Waals surface area contributed by atoms with Crippen molar-refractivity contribution in [3.63, 3.8) is 0 Å². The van der Waals surface area contributed by atoms with Crippen LogP contribution in [0.2, 0.25) is 0 Å². The lowest BCUT2D eigenvalue weighted by atomic mass is 10.1. The zero-order chi connectivity index (χ0) is 15.9. The highest BCUT2D eigenvalue weighted by atomic mass is 16.3. The molecule has 114 valence electrons. The van der Waals surface area contributed by atoms with E-state index in [0.717, 1.165) is 5.56 Å². The van der Waals surface area contributed by atoms with Gasteiger partial charge in [0.1, 0.15) is 11.5 Å². The molecule has 6 nitrogen and oxygen atoms in total. The number of hydrogen-bond acceptors (Lipinski definition) is 4. The average molecular weight is 306 g/mol. The Kier molecular flexibility index (Phi) is 4.44. The van der Waals surface area contributed by atoms with Gasteiger partial charge in [0.2, 0.25) is 0 Å². The monoisotopic (exact) mass is 306 g/mol. The van der Waals surface area contributed by atoms with Crippen molar-refractivity contribution >= 4 is 18.2 Å². The van der Waals surface area contributed by atoms with Crippen molar-refractivity contribution in [3.05, 3.63) is 72.3 Å². The number of amides is 1. The largest absolute Gasteiger partial charge is 0.465 e. The summed E-state index contributed by atoms with van der Waals surface area (Å²) in [4.78, 5) is 11.9. The van der Waals surface area contributed by atoms with E-state index in [-0.39, 0.29) is 5.91 Å². The number of carbonyl (C=O) groups is 1. The van der Waals surface area contributed by atoms with Gasteiger partial charge in [-0.2, -0.15) is 10.2 Å². The van der Waals surface area contributed by atoms with E-state index in [1.807, 2.05) is 36.4 Å². The van der Waals surface area contributed by atoms with Crippen LogP contribution in [0.3, 0.4) is 0 Å². The van der Waals surface area contributed by atoms with Gasteiger partial charge in [0.15, 0.2) is 0 Å². The number of carbonyl (C=O) groups excluding carboxylic acids is 1. The van der Waals surface area contributed by atoms with Crippen LogP contribution >= 0.6 is 0 Å². The summed E-state index contributed by atoms with van der Waals surface area (Å²) in [5, 5.41) is 10.6. The van der Waals surface area contributed by atoms with E-state index in [2.05, 4.69) is 20.7 Å². The molecule has 0 radical (unpaired) electrons. The van der Waals surface area contributed by atoms with Gasteiger partial charge in [-0.15, -0.1) is 0 Å². The molecule has 2 aromatic heterocycles. The maximum Gasteiger partial charge on any atom is 0.289 e. The Morgan fingerprint density at radius 1 is 1.22 bits per heavy atom. The normalized spacial score (nSPS) is 11.3. The van der Waals surface area contributed by atoms with Crippen LogP contribution in [-0.4, -0.2) is 22.3 Å². The van der Waals surface area contributed by atoms with Crippen LogP contribution in [0.5, 0.6) is 0 Å². The molecule has 6 heteroatoms. The van der Waals surface area contributed by atoms with Gasteiger partial charge in [-0.1, -0.05) is 30.3 Å². The summed E-state index contributed by atoms with van der Waals surface area (Å²) >= 11 is 0. The first-order valence-electron chi connectivity index (χ1n) is 6.97. The first kappa shape index (κ1) is 14.5. The molecule has 3 aromatic rings. The van der Waals surface area contributed by atoms with Gasteiger partial charge < -0.3 is 4.42 Å². The minimum Gasteiger partial charge on any atom is -0.465 e. The number of H-pyrrole nitrogens is 1. The number of furan rings is 1. The van der Waals surface area contributed by atoms with E-state index in [1.165, 1.54) is 6.21 Å². The topological polar surface area (TPSA) is 83.3 Å². The first-order valence-corrected chi connectivity index (χ1v) is 6.97. The molecule has 0 aliphatic rings. The second kappa shape index (κ2) is 7.04. The van der Waals surface area contributed by atoms with Gasteiger partial charge >= 0.3 is 0 Å². The zero-order valence-electron chi connectivity index (χ0n) is 12.1. The molecule has 2 heterocycles. The molecule has 1 amide bonds. The van der Waals surface area contributed by atoms with E-state index in [1.54, 1.807) is 30.5 Å². The Bertz CT molecular complexity index is 817. The maximum atomic E-state index is 11.9. The van der Waals surface area contributed by atoms with Crippen LogP contribution in [0.1, 0.15) is 16.2 Å². The van der Waals surface area contributed by atoms with Crippen molar-refractivity contribution in [2.24, 2.45) is 5.10 Å². The van der Waals surface area contributed by atoms with Crippen LogP contribution in [0.15, 0.2) is 70.4 Å². The number of hydrogen-bond donors (Lipinski definition) is 2. The molecule has 0 fully saturated rings. The van der Waals surface area contributed by atoms with Gasteiger partial charge in [-0.25, -0.2) is 5.43 Å². The highest BCUT2D eigenvalue weighted by Crippen LogP contribution is 2.16. The fourth-order valence-electron chi connectivity index (χ4n) is 1.92. The summed E-state index contributed by atoms with van der Waals surface area (Å²) in [7, 11) is 0. The van der Waals surface area contributed by atoms with Crippen LogP contribution in [0.4, 0.5) is 0 Å². The van der Waals surface area contributed by atoms with Gasteiger partial charge in [0, 0.05) is 11.8 Å². The lowest BCUT2D eigenvalue weighted by molar-refractivity contribution is 0.0950. The Labute approximate surface area is 132 Å². The molecule has 23 heavy (non-hydrogen) atoms. The van der Waals surface area contributed by atoms with Gasteiger partial charge in [0.05, 0.1) is 12.0 Å². The van der Waals surface area contributed by atoms with Gasteiger partial charge in [0.25, 0.3) is 5.91 Å². The van der Waals surface area contributed by atoms with E-state index < -0.39 is 0 Å². The molecular formula is C17H14N4O2. The lowest BCUT2D eigenvalue weighted by Crippen LogP contribution is -2.17. The predicted molar refractivity (Wildman–Crippen MR) is 87.7 cm³/mol. The quantitative estimate of drug-likeness (QED) is 0.561. The third-order valence-corrected chi connectivity index (χ3v) is 3.02. The van der Waals surface area contributed by atoms with Crippen molar-refractivity contribution in [1.82, 2.24) is 15.6 Å². The van der Waals surface area contributed by atoms with E-state index >= 15 is 0 Å². The van der Waals surface area contributed by atoms with Crippen LogP contribution in [0.25, 0.3) is 17.3 Å². The molecule has 0 aliphatic heterocycles. The summed E-state index contributed by atoms with van der Waals surface area (Å²) in [5.74, 6) is 0.353. The van der Waals surface area contributed by atoms with E-state index in [0.29, 0.717) is 17.1 Å². The Hall–Kier alpha value is -3.41. The maximum absolute atomic E-state index is 11.9. The van der Waals surface area contributed by atoms with Crippen molar-refractivity contribution in [2.45, 2.75) is 0 Å². The number of nitrogens with one attached hydrogen (secondary N) is 2. The molecule has 0 spiro atoms. The smallest absolute Gasteiger partial charge is 0.289 e. The number of nitrogens with zero attached hydrogens (tertiary/aromatic N) is 2. The number of rotatable bonds is 5. The summed E-state index contributed by atoms with van der Waals surface area (Å²) < 4.78 is 5.13. The van der Waals surface area contributed by atoms with Crippen molar-refractivity contribution in [1.29, 1.82) is 0 Å². The van der Waals surface area contributed by atoms with E-state index in [4.69, 9.17) is 4.42 Å². The number of allylic oxidation sites excluding steroid dienone is 1. The van der Waals surface area contributed by atoms with Crippen molar-refractivity contribution in [2.75, 3.05) is 0 Å². The number of hydrazone groups is 1. The molecule has 0 bridgehead atoms. The lowest BCUT2D eigenvalue weighted by Gasteiger charge is -1.94. The molecule has 0 aliphatic carbocycles. The number of aromatic amines is 1. The molecule has 2 N–H and O–H groups in total. The molecule has 1 aromatic carbocycles. The Morgan fingerprint density at radius 2 is 2.09 bits per heavy atom. The Morgan fingerprint density at radius 3 is 2.87 bits per heavy atom. The summed E-state index contributed by atoms with van der Waals surface area (Å²) in [6, 6.07) is 14.9. The summed E-state index contributed by atoms with van der Waals surface area (Å²) in [6.07, 6.45) is 6.46. The Balaban J connectivity index is 1.57.